The third kappa shape index (κ3) is 3.82. The van der Waals surface area contributed by atoms with Crippen LogP contribution in [0.5, 0.6) is 5.75 Å². The Hall–Kier alpha value is -2.99. The lowest BCUT2D eigenvalue weighted by Crippen LogP contribution is -2.27. The van der Waals surface area contributed by atoms with Gasteiger partial charge in [-0.15, -0.1) is 0 Å². The van der Waals surface area contributed by atoms with Crippen molar-refractivity contribution in [3.63, 3.8) is 0 Å². The summed E-state index contributed by atoms with van der Waals surface area (Å²) in [6.45, 7) is 3.89. The van der Waals surface area contributed by atoms with E-state index in [2.05, 4.69) is 34.7 Å². The third-order valence-electron chi connectivity index (χ3n) is 5.11. The van der Waals surface area contributed by atoms with Crippen molar-refractivity contribution >= 4 is 5.82 Å². The minimum absolute atomic E-state index is 0.171. The van der Waals surface area contributed by atoms with Crippen LogP contribution in [0.2, 0.25) is 0 Å². The van der Waals surface area contributed by atoms with Crippen molar-refractivity contribution in [3.05, 3.63) is 65.6 Å². The number of fused-ring (bicyclic) bond motifs is 1. The van der Waals surface area contributed by atoms with E-state index in [0.717, 1.165) is 54.6 Å². The lowest BCUT2D eigenvalue weighted by molar-refractivity contribution is 0.414. The molecular formula is C22H25N5O. The number of nitrogens with zero attached hydrogens (tertiary/aromatic N) is 3. The molecule has 0 saturated heterocycles. The first-order valence-electron chi connectivity index (χ1n) is 9.70. The van der Waals surface area contributed by atoms with Gasteiger partial charge in [0.15, 0.2) is 5.82 Å². The lowest BCUT2D eigenvalue weighted by atomic mass is 10.0. The summed E-state index contributed by atoms with van der Waals surface area (Å²) in [5, 5.41) is 7.10. The molecular weight excluding hydrogens is 350 g/mol. The van der Waals surface area contributed by atoms with Crippen molar-refractivity contribution in [1.29, 1.82) is 0 Å². The van der Waals surface area contributed by atoms with Crippen molar-refractivity contribution in [2.24, 2.45) is 0 Å². The topological polar surface area (TPSA) is 72.0 Å². The highest BCUT2D eigenvalue weighted by Gasteiger charge is 2.20. The zero-order valence-corrected chi connectivity index (χ0v) is 16.3. The Balaban J connectivity index is 1.70. The maximum Gasteiger partial charge on any atom is 0.161 e. The molecule has 0 amide bonds. The van der Waals surface area contributed by atoms with Crippen LogP contribution in [0.1, 0.15) is 36.2 Å². The molecule has 0 fully saturated rings. The Morgan fingerprint density at radius 2 is 1.89 bits per heavy atom. The van der Waals surface area contributed by atoms with E-state index >= 15 is 0 Å². The summed E-state index contributed by atoms with van der Waals surface area (Å²) in [7, 11) is 1.69. The second-order valence-electron chi connectivity index (χ2n) is 6.86. The van der Waals surface area contributed by atoms with Gasteiger partial charge in [-0.1, -0.05) is 19.1 Å². The molecule has 0 bridgehead atoms. The highest BCUT2D eigenvalue weighted by Crippen LogP contribution is 2.29. The Morgan fingerprint density at radius 1 is 1.11 bits per heavy atom. The number of benzene rings is 1. The van der Waals surface area contributed by atoms with Crippen LogP contribution in [0.25, 0.3) is 11.4 Å². The van der Waals surface area contributed by atoms with Crippen LogP contribution in [0.4, 0.5) is 5.82 Å². The molecule has 1 unspecified atom stereocenters. The molecule has 4 rings (SSSR count). The molecule has 0 spiro atoms. The predicted octanol–water partition coefficient (Wildman–Crippen LogP) is 3.76. The van der Waals surface area contributed by atoms with Gasteiger partial charge in [-0.2, -0.15) is 0 Å². The number of hydrogen-bond acceptors (Lipinski definition) is 6. The Labute approximate surface area is 165 Å². The molecule has 1 aliphatic rings. The van der Waals surface area contributed by atoms with Gasteiger partial charge in [0.1, 0.15) is 11.6 Å². The lowest BCUT2D eigenvalue weighted by Gasteiger charge is -2.24. The van der Waals surface area contributed by atoms with Gasteiger partial charge >= 0.3 is 0 Å². The van der Waals surface area contributed by atoms with Crippen molar-refractivity contribution in [3.8, 4) is 17.1 Å². The highest BCUT2D eigenvalue weighted by molar-refractivity contribution is 5.60. The highest BCUT2D eigenvalue weighted by atomic mass is 16.5. The van der Waals surface area contributed by atoms with E-state index in [9.17, 15) is 0 Å². The first-order chi connectivity index (χ1) is 13.8. The van der Waals surface area contributed by atoms with E-state index in [0.29, 0.717) is 0 Å². The maximum atomic E-state index is 5.29. The van der Waals surface area contributed by atoms with Crippen LogP contribution in [0.15, 0.2) is 48.8 Å². The summed E-state index contributed by atoms with van der Waals surface area (Å²) < 4.78 is 5.29. The zero-order chi connectivity index (χ0) is 19.3. The van der Waals surface area contributed by atoms with Gasteiger partial charge in [-0.3, -0.25) is 4.98 Å². The number of hydrogen-bond donors (Lipinski definition) is 2. The second kappa shape index (κ2) is 8.35. The average Bonchev–Trinajstić information content (AvgIpc) is 2.78. The first kappa shape index (κ1) is 18.4. The van der Waals surface area contributed by atoms with Crippen LogP contribution in [0, 0.1) is 0 Å². The summed E-state index contributed by atoms with van der Waals surface area (Å²) in [5.74, 6) is 2.53. The Morgan fingerprint density at radius 3 is 2.61 bits per heavy atom. The van der Waals surface area contributed by atoms with E-state index in [-0.39, 0.29) is 6.04 Å². The largest absolute Gasteiger partial charge is 0.497 e. The maximum absolute atomic E-state index is 5.29. The van der Waals surface area contributed by atoms with Crippen molar-refractivity contribution in [1.82, 2.24) is 20.3 Å². The molecule has 6 heteroatoms. The summed E-state index contributed by atoms with van der Waals surface area (Å²) >= 11 is 0. The normalized spacial score (nSPS) is 14.2. The zero-order valence-electron chi connectivity index (χ0n) is 16.3. The molecule has 0 saturated carbocycles. The number of ether oxygens (including phenoxy) is 1. The van der Waals surface area contributed by atoms with Gasteiger partial charge in [-0.25, -0.2) is 9.97 Å². The quantitative estimate of drug-likeness (QED) is 0.684. The van der Waals surface area contributed by atoms with Gasteiger partial charge < -0.3 is 15.4 Å². The fourth-order valence-corrected chi connectivity index (χ4v) is 3.53. The smallest absolute Gasteiger partial charge is 0.161 e. The summed E-state index contributed by atoms with van der Waals surface area (Å²) in [6.07, 6.45) is 5.42. The minimum atomic E-state index is 0.171. The standard InChI is InChI=1S/C22H25N5O/c1-3-19(15-4-6-17(28-2)7-5-15)25-22-18-10-13-24-14-20(18)26-21(27-22)16-8-11-23-12-9-16/h4-9,11-12,19,24H,3,10,13-14H2,1-2H3,(H,25,26,27). The van der Waals surface area contributed by atoms with Gasteiger partial charge in [0, 0.05) is 30.1 Å². The van der Waals surface area contributed by atoms with E-state index in [4.69, 9.17) is 14.7 Å². The molecule has 1 aliphatic heterocycles. The van der Waals surface area contributed by atoms with E-state index in [1.165, 1.54) is 11.1 Å². The van der Waals surface area contributed by atoms with Crippen molar-refractivity contribution in [2.75, 3.05) is 19.0 Å². The van der Waals surface area contributed by atoms with Gasteiger partial charge in [0.05, 0.1) is 18.8 Å². The predicted molar refractivity (Wildman–Crippen MR) is 110 cm³/mol. The second-order valence-corrected chi connectivity index (χ2v) is 6.86. The molecule has 3 aromatic rings. The third-order valence-corrected chi connectivity index (χ3v) is 5.11. The van der Waals surface area contributed by atoms with Crippen LogP contribution in [-0.4, -0.2) is 28.6 Å². The number of anilines is 1. The van der Waals surface area contributed by atoms with E-state index in [1.54, 1.807) is 19.5 Å². The fraction of sp³-hybridized carbons (Fsp3) is 0.318. The van der Waals surface area contributed by atoms with E-state index in [1.807, 2.05) is 24.3 Å². The Bertz CT molecular complexity index is 928. The molecule has 1 aromatic carbocycles. The van der Waals surface area contributed by atoms with Crippen LogP contribution < -0.4 is 15.4 Å². The number of nitrogens with one attached hydrogen (secondary N) is 2. The number of aromatic nitrogens is 3. The average molecular weight is 375 g/mol. The Kier molecular flexibility index (Phi) is 5.48. The molecule has 6 nitrogen and oxygen atoms in total. The first-order valence-corrected chi connectivity index (χ1v) is 9.70. The summed E-state index contributed by atoms with van der Waals surface area (Å²) in [6, 6.07) is 12.3. The summed E-state index contributed by atoms with van der Waals surface area (Å²) in [5.41, 5.74) is 4.47. The van der Waals surface area contributed by atoms with Crippen molar-refractivity contribution < 1.29 is 4.74 Å². The molecule has 2 N–H and O–H groups in total. The fourth-order valence-electron chi connectivity index (χ4n) is 3.53. The molecule has 0 radical (unpaired) electrons. The molecule has 28 heavy (non-hydrogen) atoms. The molecule has 1 atom stereocenters. The molecule has 144 valence electrons. The molecule has 0 aliphatic carbocycles. The van der Waals surface area contributed by atoms with Gasteiger partial charge in [0.25, 0.3) is 0 Å². The number of methoxy groups -OCH3 is 1. The monoisotopic (exact) mass is 375 g/mol. The number of rotatable bonds is 6. The van der Waals surface area contributed by atoms with Crippen LogP contribution >= 0.6 is 0 Å². The molecule has 3 heterocycles. The SMILES string of the molecule is CCC(Nc1nc(-c2ccncc2)nc2c1CCNC2)c1ccc(OC)cc1. The van der Waals surface area contributed by atoms with E-state index < -0.39 is 0 Å². The van der Waals surface area contributed by atoms with Crippen molar-refractivity contribution in [2.45, 2.75) is 32.4 Å². The van der Waals surface area contributed by atoms with Gasteiger partial charge in [0.2, 0.25) is 0 Å². The van der Waals surface area contributed by atoms with Gasteiger partial charge in [-0.05, 0) is 49.2 Å². The van der Waals surface area contributed by atoms with Crippen LogP contribution in [-0.2, 0) is 13.0 Å². The minimum Gasteiger partial charge on any atom is -0.497 e. The van der Waals surface area contributed by atoms with Crippen LogP contribution in [0.3, 0.4) is 0 Å². The number of pyridine rings is 1. The molecule has 2 aromatic heterocycles. The summed E-state index contributed by atoms with van der Waals surface area (Å²) in [4.78, 5) is 13.8.